The summed E-state index contributed by atoms with van der Waals surface area (Å²) in [5.41, 5.74) is 0. The fourth-order valence-corrected chi connectivity index (χ4v) is 11.6. The molecule has 0 bridgehead atoms. The molecule has 0 fully saturated rings. The van der Waals surface area contributed by atoms with E-state index in [0.717, 1.165) is 44.9 Å². The van der Waals surface area contributed by atoms with Gasteiger partial charge in [0.1, 0.15) is 0 Å². The number of aliphatic hydroxyl groups excluding tert-OH is 2. The van der Waals surface area contributed by atoms with Gasteiger partial charge in [0.2, 0.25) is 5.91 Å². The number of ether oxygens (including phenoxy) is 1. The van der Waals surface area contributed by atoms with Crippen LogP contribution >= 0.6 is 0 Å². The van der Waals surface area contributed by atoms with E-state index in [1.807, 2.05) is 0 Å². The lowest BCUT2D eigenvalue weighted by Gasteiger charge is -2.22. The van der Waals surface area contributed by atoms with Gasteiger partial charge in [-0.05, 0) is 77.0 Å². The first-order valence-corrected chi connectivity index (χ1v) is 36.6. The molecule has 3 N–H and O–H groups in total. The van der Waals surface area contributed by atoms with Crippen molar-refractivity contribution in [2.24, 2.45) is 0 Å². The van der Waals surface area contributed by atoms with Crippen LogP contribution in [-0.2, 0) is 14.3 Å². The van der Waals surface area contributed by atoms with Crippen LogP contribution in [0, 0.1) is 0 Å². The van der Waals surface area contributed by atoms with Gasteiger partial charge in [-0.1, -0.05) is 346 Å². The van der Waals surface area contributed by atoms with Crippen LogP contribution in [0.4, 0.5) is 0 Å². The molecule has 0 aromatic heterocycles. The van der Waals surface area contributed by atoms with Gasteiger partial charge >= 0.3 is 5.97 Å². The van der Waals surface area contributed by atoms with E-state index in [4.69, 9.17) is 4.74 Å². The number of carbonyl (C=O) groups is 2. The van der Waals surface area contributed by atoms with Crippen molar-refractivity contribution in [3.8, 4) is 0 Å². The van der Waals surface area contributed by atoms with E-state index in [9.17, 15) is 19.8 Å². The van der Waals surface area contributed by atoms with Gasteiger partial charge in [0, 0.05) is 12.8 Å². The van der Waals surface area contributed by atoms with Crippen LogP contribution in [0.2, 0.25) is 0 Å². The number of carbonyl (C=O) groups excluding carboxylic acids is 2. The van der Waals surface area contributed by atoms with Crippen molar-refractivity contribution in [1.29, 1.82) is 0 Å². The van der Waals surface area contributed by atoms with Crippen LogP contribution < -0.4 is 5.32 Å². The van der Waals surface area contributed by atoms with Crippen LogP contribution in [-0.4, -0.2) is 47.4 Å². The van der Waals surface area contributed by atoms with Gasteiger partial charge in [0.15, 0.2) is 0 Å². The summed E-state index contributed by atoms with van der Waals surface area (Å²) in [7, 11) is 0. The SMILES string of the molecule is CCCCCCCCC/C=C\CCCCCCCCCC(=O)OCCCCCCCCCCCCCC/C=C\CCCCCCCCCCCCCCCCC(=O)NC(CO)C(O)CCCCCCCCCCCCCCCCC. The minimum atomic E-state index is -0.663. The number of hydrogen-bond acceptors (Lipinski definition) is 5. The minimum Gasteiger partial charge on any atom is -0.466 e. The maximum Gasteiger partial charge on any atom is 0.305 e. The Hall–Kier alpha value is -1.66. The molecule has 0 aliphatic rings. The molecule has 80 heavy (non-hydrogen) atoms. The third-order valence-electron chi connectivity index (χ3n) is 17.2. The third-order valence-corrected chi connectivity index (χ3v) is 17.2. The van der Waals surface area contributed by atoms with Crippen molar-refractivity contribution < 1.29 is 24.5 Å². The van der Waals surface area contributed by atoms with Gasteiger partial charge in [-0.3, -0.25) is 9.59 Å². The van der Waals surface area contributed by atoms with Gasteiger partial charge in [0.25, 0.3) is 0 Å². The van der Waals surface area contributed by atoms with Crippen molar-refractivity contribution in [3.05, 3.63) is 24.3 Å². The molecule has 6 heteroatoms. The van der Waals surface area contributed by atoms with E-state index in [0.29, 0.717) is 25.9 Å². The highest BCUT2D eigenvalue weighted by Crippen LogP contribution is 2.19. The number of unbranched alkanes of at least 4 members (excludes halogenated alkanes) is 54. The van der Waals surface area contributed by atoms with Crippen molar-refractivity contribution in [2.45, 2.75) is 424 Å². The molecule has 0 aromatic carbocycles. The number of rotatable bonds is 69. The zero-order valence-corrected chi connectivity index (χ0v) is 54.3. The Morgan fingerprint density at radius 1 is 0.338 bits per heavy atom. The van der Waals surface area contributed by atoms with Crippen molar-refractivity contribution in [1.82, 2.24) is 5.32 Å². The molecule has 2 unspecified atom stereocenters. The second-order valence-electron chi connectivity index (χ2n) is 25.3. The largest absolute Gasteiger partial charge is 0.466 e. The lowest BCUT2D eigenvalue weighted by atomic mass is 10.0. The molecule has 0 aromatic rings. The van der Waals surface area contributed by atoms with Gasteiger partial charge in [0.05, 0.1) is 25.4 Å². The molecule has 474 valence electrons. The Morgan fingerprint density at radius 3 is 0.887 bits per heavy atom. The summed E-state index contributed by atoms with van der Waals surface area (Å²) >= 11 is 0. The number of amides is 1. The van der Waals surface area contributed by atoms with Crippen LogP contribution in [0.3, 0.4) is 0 Å². The van der Waals surface area contributed by atoms with E-state index in [-0.39, 0.29) is 18.5 Å². The Kier molecular flexibility index (Phi) is 68.4. The highest BCUT2D eigenvalue weighted by atomic mass is 16.5. The van der Waals surface area contributed by atoms with Crippen LogP contribution in [0.15, 0.2) is 24.3 Å². The molecular weight excluding hydrogens is 983 g/mol. The van der Waals surface area contributed by atoms with Crippen LogP contribution in [0.25, 0.3) is 0 Å². The fourth-order valence-electron chi connectivity index (χ4n) is 11.6. The van der Waals surface area contributed by atoms with Crippen molar-refractivity contribution in [2.75, 3.05) is 13.2 Å². The first-order valence-electron chi connectivity index (χ1n) is 36.6. The van der Waals surface area contributed by atoms with Gasteiger partial charge < -0.3 is 20.3 Å². The highest BCUT2D eigenvalue weighted by Gasteiger charge is 2.20. The average Bonchev–Trinajstić information content (AvgIpc) is 3.46. The smallest absolute Gasteiger partial charge is 0.305 e. The topological polar surface area (TPSA) is 95.9 Å². The normalized spacial score (nSPS) is 12.6. The highest BCUT2D eigenvalue weighted by molar-refractivity contribution is 5.76. The zero-order chi connectivity index (χ0) is 57.8. The summed E-state index contributed by atoms with van der Waals surface area (Å²) in [4.78, 5) is 24.6. The van der Waals surface area contributed by atoms with E-state index in [1.54, 1.807) is 0 Å². The first kappa shape index (κ1) is 78.3. The van der Waals surface area contributed by atoms with Crippen LogP contribution in [0.1, 0.15) is 412 Å². The molecule has 6 nitrogen and oxygen atoms in total. The molecular formula is C74H143NO5. The number of allylic oxidation sites excluding steroid dienone is 4. The lowest BCUT2D eigenvalue weighted by Crippen LogP contribution is -2.45. The number of nitrogens with one attached hydrogen (secondary N) is 1. The van der Waals surface area contributed by atoms with E-state index in [2.05, 4.69) is 43.5 Å². The zero-order valence-electron chi connectivity index (χ0n) is 54.3. The summed E-state index contributed by atoms with van der Waals surface area (Å²) in [5, 5.41) is 23.3. The van der Waals surface area contributed by atoms with E-state index in [1.165, 1.54) is 334 Å². The average molecular weight is 1130 g/mol. The molecule has 0 saturated heterocycles. The second-order valence-corrected chi connectivity index (χ2v) is 25.3. The van der Waals surface area contributed by atoms with E-state index >= 15 is 0 Å². The lowest BCUT2D eigenvalue weighted by molar-refractivity contribution is -0.143. The minimum absolute atomic E-state index is 0.0150. The molecule has 2 atom stereocenters. The summed E-state index contributed by atoms with van der Waals surface area (Å²) in [6.45, 7) is 4.99. The van der Waals surface area contributed by atoms with Crippen molar-refractivity contribution in [3.63, 3.8) is 0 Å². The monoisotopic (exact) mass is 1130 g/mol. The summed E-state index contributed by atoms with van der Waals surface area (Å²) < 4.78 is 5.51. The Balaban J connectivity index is 3.35. The molecule has 0 aliphatic heterocycles. The molecule has 0 spiro atoms. The van der Waals surface area contributed by atoms with E-state index < -0.39 is 12.1 Å². The number of aliphatic hydroxyl groups is 2. The maximum atomic E-state index is 12.5. The maximum absolute atomic E-state index is 12.5. The van der Waals surface area contributed by atoms with Gasteiger partial charge in [-0.2, -0.15) is 0 Å². The van der Waals surface area contributed by atoms with Crippen molar-refractivity contribution >= 4 is 11.9 Å². The molecule has 0 aliphatic carbocycles. The number of esters is 1. The Morgan fingerprint density at radius 2 is 0.588 bits per heavy atom. The quantitative estimate of drug-likeness (QED) is 0.0320. The third kappa shape index (κ3) is 65.5. The second kappa shape index (κ2) is 69.8. The standard InChI is InChI=1S/C74H143NO5/c1-3-5-7-9-11-13-15-17-19-20-36-40-44-48-52-56-60-64-68-74(79)80-69-65-61-57-53-49-45-41-37-34-32-30-28-26-24-22-21-23-25-27-29-31-33-35-39-43-47-51-55-59-63-67-73(78)75-71(70-76)72(77)66-62-58-54-50-46-42-38-18-16-14-12-10-8-6-4-2/h19-20,22,24,71-72,76-77H,3-18,21,23,25-70H2,1-2H3,(H,75,78)/b20-19-,24-22-. The van der Waals surface area contributed by atoms with Gasteiger partial charge in [-0.15, -0.1) is 0 Å². The predicted molar refractivity (Wildman–Crippen MR) is 352 cm³/mol. The molecule has 0 saturated carbocycles. The fraction of sp³-hybridized carbons (Fsp3) is 0.919. The van der Waals surface area contributed by atoms with Crippen LogP contribution in [0.5, 0.6) is 0 Å². The Bertz CT molecular complexity index is 1250. The number of hydrogen-bond donors (Lipinski definition) is 3. The van der Waals surface area contributed by atoms with Gasteiger partial charge in [-0.25, -0.2) is 0 Å². The predicted octanol–water partition coefficient (Wildman–Crippen LogP) is 23.7. The first-order chi connectivity index (χ1) is 39.5. The molecule has 0 heterocycles. The molecule has 0 radical (unpaired) electrons. The summed E-state index contributed by atoms with van der Waals surface area (Å²) in [6.07, 6.45) is 88.1. The Labute approximate surface area is 501 Å². The summed E-state index contributed by atoms with van der Waals surface area (Å²) in [5.74, 6) is -0.0154. The molecule has 1 amide bonds. The molecule has 0 rings (SSSR count). The summed E-state index contributed by atoms with van der Waals surface area (Å²) in [6, 6.07) is -0.540.